The maximum absolute atomic E-state index is 13.8. The lowest BCUT2D eigenvalue weighted by Gasteiger charge is -2.21. The number of hydrogen-bond donors (Lipinski definition) is 2. The highest BCUT2D eigenvalue weighted by Crippen LogP contribution is 2.30. The van der Waals surface area contributed by atoms with Gasteiger partial charge in [-0.05, 0) is 56.6 Å². The molecule has 2 N–H and O–H groups in total. The van der Waals surface area contributed by atoms with Crippen LogP contribution < -0.4 is 15.4 Å². The molecule has 3 rings (SSSR count). The minimum absolute atomic E-state index is 0. The maximum Gasteiger partial charge on any atom is 0.191 e. The average molecular weight is 509 g/mol. The number of thioether (sulfide) groups is 1. The molecule has 152 valence electrons. The van der Waals surface area contributed by atoms with Crippen molar-refractivity contribution in [1.82, 2.24) is 10.6 Å². The van der Waals surface area contributed by atoms with Gasteiger partial charge in [0.15, 0.2) is 12.8 Å². The van der Waals surface area contributed by atoms with Gasteiger partial charge in [0.05, 0.1) is 6.61 Å². The summed E-state index contributed by atoms with van der Waals surface area (Å²) < 4.78 is 24.6. The second kappa shape index (κ2) is 11.3. The molecule has 0 aromatic heterocycles. The molecule has 0 bridgehead atoms. The smallest absolute Gasteiger partial charge is 0.191 e. The lowest BCUT2D eigenvalue weighted by atomic mass is 10.1. The van der Waals surface area contributed by atoms with Crippen LogP contribution in [0.1, 0.15) is 37.3 Å². The molecule has 8 heteroatoms. The number of nitrogens with zero attached hydrogens (tertiary/aromatic N) is 1. The van der Waals surface area contributed by atoms with E-state index in [1.165, 1.54) is 25.3 Å². The molecule has 1 fully saturated rings. The third-order valence-corrected chi connectivity index (χ3v) is 5.90. The molecule has 2 aliphatic rings. The van der Waals surface area contributed by atoms with Gasteiger partial charge in [-0.15, -0.1) is 24.0 Å². The van der Waals surface area contributed by atoms with Crippen LogP contribution in [0.2, 0.25) is 0 Å². The van der Waals surface area contributed by atoms with Crippen molar-refractivity contribution in [2.45, 2.75) is 50.5 Å². The van der Waals surface area contributed by atoms with Crippen molar-refractivity contribution in [1.29, 1.82) is 0 Å². The Labute approximate surface area is 182 Å². The zero-order chi connectivity index (χ0) is 18.4. The Morgan fingerprint density at radius 1 is 1.37 bits per heavy atom. The van der Waals surface area contributed by atoms with Gasteiger partial charge in [-0.1, -0.05) is 0 Å². The molecule has 1 aliphatic heterocycles. The lowest BCUT2D eigenvalue weighted by molar-refractivity contribution is -0.0172. The van der Waals surface area contributed by atoms with Gasteiger partial charge < -0.3 is 20.1 Å². The molecular formula is C19H29FIN3O2S. The normalized spacial score (nSPS) is 21.8. The Morgan fingerprint density at radius 2 is 2.22 bits per heavy atom. The molecule has 0 amide bonds. The summed E-state index contributed by atoms with van der Waals surface area (Å²) in [6.07, 6.45) is 6.43. The number of nitrogens with one attached hydrogen (secondary N) is 2. The predicted molar refractivity (Wildman–Crippen MR) is 120 cm³/mol. The van der Waals surface area contributed by atoms with Crippen molar-refractivity contribution in [3.05, 3.63) is 29.1 Å². The van der Waals surface area contributed by atoms with Gasteiger partial charge in [0.2, 0.25) is 0 Å². The number of hydrogen-bond acceptors (Lipinski definition) is 4. The van der Waals surface area contributed by atoms with Crippen LogP contribution in [0.3, 0.4) is 0 Å². The fraction of sp³-hybridized carbons (Fsp3) is 0.632. The van der Waals surface area contributed by atoms with E-state index in [0.29, 0.717) is 25.6 Å². The van der Waals surface area contributed by atoms with E-state index < -0.39 is 0 Å². The zero-order valence-electron chi connectivity index (χ0n) is 15.9. The minimum Gasteiger partial charge on any atom is -0.467 e. The molecule has 0 radical (unpaired) electrons. The van der Waals surface area contributed by atoms with E-state index in [0.717, 1.165) is 34.6 Å². The highest BCUT2D eigenvalue weighted by atomic mass is 127. The highest BCUT2D eigenvalue weighted by molar-refractivity contribution is 14.0. The molecule has 27 heavy (non-hydrogen) atoms. The van der Waals surface area contributed by atoms with Crippen LogP contribution in [0.25, 0.3) is 0 Å². The standard InChI is InChI=1S/C19H28FN3O2S.HI/c1-3-21-19(23-16-4-5-17(10-16)26-2)22-7-6-13-8-15(20)9-14-11-24-12-25-18(13)14;/h8-9,16-17H,3-7,10-12H2,1-2H3,(H2,21,22,23);1H. The van der Waals surface area contributed by atoms with Gasteiger partial charge in [-0.25, -0.2) is 4.39 Å². The largest absolute Gasteiger partial charge is 0.467 e. The Balaban J connectivity index is 0.00000261. The van der Waals surface area contributed by atoms with Crippen molar-refractivity contribution >= 4 is 41.7 Å². The average Bonchev–Trinajstić information content (AvgIpc) is 3.09. The summed E-state index contributed by atoms with van der Waals surface area (Å²) in [6, 6.07) is 3.50. The second-order valence-corrected chi connectivity index (χ2v) is 7.82. The van der Waals surface area contributed by atoms with Crippen LogP contribution in [0.4, 0.5) is 4.39 Å². The van der Waals surface area contributed by atoms with Gasteiger partial charge in [0.1, 0.15) is 11.6 Å². The van der Waals surface area contributed by atoms with E-state index in [9.17, 15) is 4.39 Å². The molecule has 0 spiro atoms. The topological polar surface area (TPSA) is 54.9 Å². The van der Waals surface area contributed by atoms with Crippen LogP contribution in [0, 0.1) is 5.82 Å². The van der Waals surface area contributed by atoms with Gasteiger partial charge in [0, 0.05) is 29.9 Å². The number of benzene rings is 1. The fourth-order valence-corrected chi connectivity index (χ4v) is 4.33. The summed E-state index contributed by atoms with van der Waals surface area (Å²) in [4.78, 5) is 4.68. The number of rotatable bonds is 6. The molecule has 1 aromatic rings. The SMILES string of the molecule is CCNC(=NCCc1cc(F)cc2c1OCOC2)NC1CCC(SC)C1.I. The van der Waals surface area contributed by atoms with Crippen LogP contribution >= 0.6 is 35.7 Å². The number of halogens is 2. The Hall–Kier alpha value is -0.740. The summed E-state index contributed by atoms with van der Waals surface area (Å²) in [7, 11) is 0. The van der Waals surface area contributed by atoms with Gasteiger partial charge in [-0.3, -0.25) is 4.99 Å². The number of aliphatic imine (C=N–C) groups is 1. The zero-order valence-corrected chi connectivity index (χ0v) is 19.1. The summed E-state index contributed by atoms with van der Waals surface area (Å²) in [6.45, 7) is 4.07. The maximum atomic E-state index is 13.8. The van der Waals surface area contributed by atoms with Crippen molar-refractivity contribution in [2.24, 2.45) is 4.99 Å². The molecule has 1 saturated carbocycles. The molecule has 1 aromatic carbocycles. The van der Waals surface area contributed by atoms with E-state index in [1.54, 1.807) is 6.07 Å². The first kappa shape index (κ1) is 22.5. The van der Waals surface area contributed by atoms with Crippen molar-refractivity contribution < 1.29 is 13.9 Å². The summed E-state index contributed by atoms with van der Waals surface area (Å²) >= 11 is 1.95. The summed E-state index contributed by atoms with van der Waals surface area (Å²) in [5.74, 6) is 1.34. The fourth-order valence-electron chi connectivity index (χ4n) is 3.53. The third-order valence-electron chi connectivity index (χ3n) is 4.81. The first-order valence-corrected chi connectivity index (χ1v) is 10.6. The predicted octanol–water partition coefficient (Wildman–Crippen LogP) is 3.69. The second-order valence-electron chi connectivity index (χ2n) is 6.69. The van der Waals surface area contributed by atoms with E-state index >= 15 is 0 Å². The first-order valence-electron chi connectivity index (χ1n) is 9.29. The van der Waals surface area contributed by atoms with Gasteiger partial charge in [0.25, 0.3) is 0 Å². The molecule has 2 atom stereocenters. The number of ether oxygens (including phenoxy) is 2. The third kappa shape index (κ3) is 6.39. The van der Waals surface area contributed by atoms with Crippen LogP contribution in [-0.4, -0.2) is 43.4 Å². The monoisotopic (exact) mass is 509 g/mol. The highest BCUT2D eigenvalue weighted by Gasteiger charge is 2.24. The molecule has 1 aliphatic carbocycles. The number of guanidine groups is 1. The Morgan fingerprint density at radius 3 is 2.96 bits per heavy atom. The number of fused-ring (bicyclic) bond motifs is 1. The lowest BCUT2D eigenvalue weighted by Crippen LogP contribution is -2.42. The van der Waals surface area contributed by atoms with E-state index in [2.05, 4.69) is 28.8 Å². The summed E-state index contributed by atoms with van der Waals surface area (Å²) in [5, 5.41) is 7.59. The van der Waals surface area contributed by atoms with Gasteiger partial charge in [-0.2, -0.15) is 11.8 Å². The quantitative estimate of drug-likeness (QED) is 0.348. The minimum atomic E-state index is -0.254. The van der Waals surface area contributed by atoms with Crippen molar-refractivity contribution in [3.63, 3.8) is 0 Å². The van der Waals surface area contributed by atoms with Gasteiger partial charge >= 0.3 is 0 Å². The molecular weight excluding hydrogens is 480 g/mol. The van der Waals surface area contributed by atoms with Crippen molar-refractivity contribution in [3.8, 4) is 5.75 Å². The Bertz CT molecular complexity index is 648. The van der Waals surface area contributed by atoms with E-state index in [4.69, 9.17) is 9.47 Å². The van der Waals surface area contributed by atoms with Crippen LogP contribution in [0.5, 0.6) is 5.75 Å². The molecule has 5 nitrogen and oxygen atoms in total. The van der Waals surface area contributed by atoms with Crippen LogP contribution in [0.15, 0.2) is 17.1 Å². The van der Waals surface area contributed by atoms with E-state index in [-0.39, 0.29) is 36.6 Å². The molecule has 2 unspecified atom stereocenters. The van der Waals surface area contributed by atoms with Crippen LogP contribution in [-0.2, 0) is 17.8 Å². The van der Waals surface area contributed by atoms with Crippen molar-refractivity contribution in [2.75, 3.05) is 26.1 Å². The molecule has 0 saturated heterocycles. The van der Waals surface area contributed by atoms with E-state index in [1.807, 2.05) is 11.8 Å². The summed E-state index contributed by atoms with van der Waals surface area (Å²) in [5.41, 5.74) is 1.63. The molecule has 1 heterocycles. The first-order chi connectivity index (χ1) is 12.7. The Kier molecular flexibility index (Phi) is 9.44.